The van der Waals surface area contributed by atoms with E-state index in [1.54, 1.807) is 29.6 Å². The van der Waals surface area contributed by atoms with Crippen molar-refractivity contribution in [3.8, 4) is 0 Å². The molecule has 0 aliphatic rings. The summed E-state index contributed by atoms with van der Waals surface area (Å²) in [6, 6.07) is 2.18. The highest BCUT2D eigenvalue weighted by molar-refractivity contribution is 7.18. The van der Waals surface area contributed by atoms with Crippen LogP contribution in [0.3, 0.4) is 0 Å². The molecule has 6 nitrogen and oxygen atoms in total. The van der Waals surface area contributed by atoms with Gasteiger partial charge in [0, 0.05) is 31.6 Å². The zero-order valence-electron chi connectivity index (χ0n) is 16.0. The number of nitrogens with zero attached hydrogens (tertiary/aromatic N) is 4. The lowest BCUT2D eigenvalue weighted by Gasteiger charge is -2.28. The smallest absolute Gasteiger partial charge is 0.410 e. The highest BCUT2D eigenvalue weighted by Gasteiger charge is 2.20. The van der Waals surface area contributed by atoms with E-state index >= 15 is 0 Å². The van der Waals surface area contributed by atoms with Gasteiger partial charge in [0.05, 0.1) is 5.39 Å². The van der Waals surface area contributed by atoms with Gasteiger partial charge in [-0.2, -0.15) is 0 Å². The summed E-state index contributed by atoms with van der Waals surface area (Å²) in [6.45, 7) is 11.9. The van der Waals surface area contributed by atoms with Gasteiger partial charge in [0.25, 0.3) is 0 Å². The van der Waals surface area contributed by atoms with Gasteiger partial charge < -0.3 is 14.5 Å². The molecule has 7 heteroatoms. The largest absolute Gasteiger partial charge is 0.444 e. The van der Waals surface area contributed by atoms with E-state index in [2.05, 4.69) is 34.8 Å². The van der Waals surface area contributed by atoms with Crippen LogP contribution in [-0.4, -0.2) is 53.2 Å². The summed E-state index contributed by atoms with van der Waals surface area (Å²) in [4.78, 5) is 27.1. The lowest BCUT2D eigenvalue weighted by Crippen LogP contribution is -2.39. The Kier molecular flexibility index (Phi) is 6.21. The summed E-state index contributed by atoms with van der Waals surface area (Å²) in [5.41, 5.74) is -0.484. The van der Waals surface area contributed by atoms with E-state index in [0.29, 0.717) is 13.1 Å². The lowest BCUT2D eigenvalue weighted by atomic mass is 10.2. The highest BCUT2D eigenvalue weighted by Crippen LogP contribution is 2.30. The van der Waals surface area contributed by atoms with Crippen LogP contribution in [0.25, 0.3) is 10.2 Å². The molecule has 25 heavy (non-hydrogen) atoms. The van der Waals surface area contributed by atoms with Gasteiger partial charge in [0.15, 0.2) is 0 Å². The minimum atomic E-state index is -0.484. The number of amides is 1. The molecular formula is C18H28N4O2S. The first-order valence-electron chi connectivity index (χ1n) is 8.67. The molecule has 2 aromatic rings. The van der Waals surface area contributed by atoms with Crippen molar-refractivity contribution in [1.29, 1.82) is 0 Å². The van der Waals surface area contributed by atoms with Crippen molar-refractivity contribution in [2.45, 2.75) is 46.6 Å². The van der Waals surface area contributed by atoms with Crippen LogP contribution in [0.2, 0.25) is 0 Å². The van der Waals surface area contributed by atoms with Crippen LogP contribution in [0.5, 0.6) is 0 Å². The Bertz CT molecular complexity index is 723. The van der Waals surface area contributed by atoms with Crippen molar-refractivity contribution in [3.63, 3.8) is 0 Å². The van der Waals surface area contributed by atoms with E-state index in [-0.39, 0.29) is 6.09 Å². The maximum absolute atomic E-state index is 12.1. The van der Waals surface area contributed by atoms with Gasteiger partial charge in [-0.25, -0.2) is 14.8 Å². The van der Waals surface area contributed by atoms with E-state index < -0.39 is 5.60 Å². The minimum Gasteiger partial charge on any atom is -0.444 e. The molecule has 0 saturated heterocycles. The molecular weight excluding hydrogens is 336 g/mol. The summed E-state index contributed by atoms with van der Waals surface area (Å²) in [7, 11) is 1.76. The molecule has 0 fully saturated rings. The standard InChI is InChI=1S/C18H28N4O2S/c1-7-13-11-14-15(19-12-20-16(14)25-13)22(8-2)10-9-21(6)17(23)24-18(3,4)5/h11-12H,7-10H2,1-6H3. The van der Waals surface area contributed by atoms with Crippen molar-refractivity contribution < 1.29 is 9.53 Å². The Morgan fingerprint density at radius 1 is 1.24 bits per heavy atom. The van der Waals surface area contributed by atoms with Crippen molar-refractivity contribution in [1.82, 2.24) is 14.9 Å². The molecule has 0 unspecified atom stereocenters. The molecule has 1 amide bonds. The van der Waals surface area contributed by atoms with E-state index in [1.807, 2.05) is 20.8 Å². The molecule has 0 N–H and O–H groups in total. The van der Waals surface area contributed by atoms with Crippen molar-refractivity contribution >= 4 is 33.5 Å². The van der Waals surface area contributed by atoms with Gasteiger partial charge >= 0.3 is 6.09 Å². The van der Waals surface area contributed by atoms with Crippen molar-refractivity contribution in [2.75, 3.05) is 31.6 Å². The molecule has 0 aliphatic heterocycles. The van der Waals surface area contributed by atoms with E-state index in [1.165, 1.54) is 4.88 Å². The molecule has 0 bridgehead atoms. The number of hydrogen-bond acceptors (Lipinski definition) is 6. The van der Waals surface area contributed by atoms with Crippen LogP contribution in [0.4, 0.5) is 10.6 Å². The fourth-order valence-corrected chi connectivity index (χ4v) is 3.36. The first kappa shape index (κ1) is 19.4. The second-order valence-electron chi connectivity index (χ2n) is 6.96. The minimum absolute atomic E-state index is 0.305. The number of thiophene rings is 1. The third-order valence-corrected chi connectivity index (χ3v) is 4.99. The van der Waals surface area contributed by atoms with E-state index in [4.69, 9.17) is 4.74 Å². The first-order chi connectivity index (χ1) is 11.7. The SMILES string of the molecule is CCc1cc2c(N(CC)CCN(C)C(=O)OC(C)(C)C)ncnc2s1. The molecule has 0 aromatic carbocycles. The zero-order valence-corrected chi connectivity index (χ0v) is 16.8. The number of carbonyl (C=O) groups is 1. The number of fused-ring (bicyclic) bond motifs is 1. The van der Waals surface area contributed by atoms with Crippen molar-refractivity contribution in [3.05, 3.63) is 17.3 Å². The Morgan fingerprint density at radius 2 is 1.96 bits per heavy atom. The van der Waals surface area contributed by atoms with Crippen LogP contribution in [0.1, 0.15) is 39.5 Å². The molecule has 2 heterocycles. The van der Waals surface area contributed by atoms with Gasteiger partial charge in [-0.1, -0.05) is 6.92 Å². The number of aryl methyl sites for hydroxylation is 1. The van der Waals surface area contributed by atoms with Crippen LogP contribution < -0.4 is 4.90 Å². The molecule has 0 atom stereocenters. The average Bonchev–Trinajstić information content (AvgIpc) is 2.97. The number of hydrogen-bond donors (Lipinski definition) is 0. The summed E-state index contributed by atoms with van der Waals surface area (Å²) >= 11 is 1.71. The van der Waals surface area contributed by atoms with Crippen LogP contribution >= 0.6 is 11.3 Å². The Balaban J connectivity index is 2.10. The summed E-state index contributed by atoms with van der Waals surface area (Å²) in [5.74, 6) is 0.932. The average molecular weight is 365 g/mol. The maximum Gasteiger partial charge on any atom is 0.410 e. The topological polar surface area (TPSA) is 58.6 Å². The number of ether oxygens (including phenoxy) is 1. The Morgan fingerprint density at radius 3 is 2.56 bits per heavy atom. The third-order valence-electron chi connectivity index (χ3n) is 3.80. The van der Waals surface area contributed by atoms with Crippen LogP contribution in [0, 0.1) is 0 Å². The molecule has 0 saturated carbocycles. The molecule has 0 aliphatic carbocycles. The summed E-state index contributed by atoms with van der Waals surface area (Å²) in [6.07, 6.45) is 2.31. The second kappa shape index (κ2) is 7.99. The monoisotopic (exact) mass is 364 g/mol. The molecule has 0 radical (unpaired) electrons. The summed E-state index contributed by atoms with van der Waals surface area (Å²) < 4.78 is 5.40. The van der Waals surface area contributed by atoms with Gasteiger partial charge in [-0.05, 0) is 40.2 Å². The number of rotatable bonds is 6. The Hall–Kier alpha value is -1.89. The van der Waals surface area contributed by atoms with Crippen LogP contribution in [-0.2, 0) is 11.2 Å². The number of aromatic nitrogens is 2. The predicted molar refractivity (Wildman–Crippen MR) is 104 cm³/mol. The van der Waals surface area contributed by atoms with Crippen molar-refractivity contribution in [2.24, 2.45) is 0 Å². The third kappa shape index (κ3) is 5.04. The summed E-state index contributed by atoms with van der Waals surface area (Å²) in [5, 5.41) is 1.09. The predicted octanol–water partition coefficient (Wildman–Crippen LogP) is 3.95. The lowest BCUT2D eigenvalue weighted by molar-refractivity contribution is 0.0303. The fourth-order valence-electron chi connectivity index (χ4n) is 2.43. The van der Waals surface area contributed by atoms with Crippen LogP contribution in [0.15, 0.2) is 12.4 Å². The number of anilines is 1. The van der Waals surface area contributed by atoms with Gasteiger partial charge in [-0.15, -0.1) is 11.3 Å². The van der Waals surface area contributed by atoms with Gasteiger partial charge in [-0.3, -0.25) is 0 Å². The maximum atomic E-state index is 12.1. The zero-order chi connectivity index (χ0) is 18.6. The number of likely N-dealkylation sites (N-methyl/N-ethyl adjacent to an activating group) is 2. The molecule has 2 rings (SSSR count). The van der Waals surface area contributed by atoms with E-state index in [9.17, 15) is 4.79 Å². The quantitative estimate of drug-likeness (QED) is 0.777. The van der Waals surface area contributed by atoms with Gasteiger partial charge in [0.2, 0.25) is 0 Å². The highest BCUT2D eigenvalue weighted by atomic mass is 32.1. The second-order valence-corrected chi connectivity index (χ2v) is 8.08. The first-order valence-corrected chi connectivity index (χ1v) is 9.49. The van der Waals surface area contributed by atoms with Gasteiger partial charge in [0.1, 0.15) is 22.6 Å². The number of carbonyl (C=O) groups excluding carboxylic acids is 1. The Labute approximate surface area is 153 Å². The molecule has 138 valence electrons. The normalized spacial score (nSPS) is 11.6. The molecule has 2 aromatic heterocycles. The van der Waals surface area contributed by atoms with E-state index in [0.717, 1.165) is 29.0 Å². The fraction of sp³-hybridized carbons (Fsp3) is 0.611. The molecule has 0 spiro atoms.